The zero-order valence-corrected chi connectivity index (χ0v) is 16.6. The number of aromatic nitrogens is 2. The van der Waals surface area contributed by atoms with Gasteiger partial charge in [0.15, 0.2) is 0 Å². The van der Waals surface area contributed by atoms with Gasteiger partial charge in [-0.3, -0.25) is 4.79 Å². The van der Waals surface area contributed by atoms with Crippen molar-refractivity contribution in [3.8, 4) is 0 Å². The second-order valence-electron chi connectivity index (χ2n) is 7.32. The van der Waals surface area contributed by atoms with Crippen molar-refractivity contribution < 1.29 is 4.79 Å². The van der Waals surface area contributed by atoms with E-state index in [9.17, 15) is 4.79 Å². The Hall–Kier alpha value is -2.43. The fraction of sp³-hybridized carbons (Fsp3) is 0.476. The molecule has 1 atom stereocenters. The van der Waals surface area contributed by atoms with E-state index >= 15 is 0 Å². The highest BCUT2D eigenvalue weighted by Crippen LogP contribution is 2.32. The standard InChI is InChI=1S/C21H30N4O/c1-7-15(6)24-21-22-11-16(12-23-21)20(26)25-19-17(13(2)3)9-8-10-18(19)14(4)5/h8-15H,7H2,1-6H3,(H,25,26)(H,22,23,24). The van der Waals surface area contributed by atoms with Crippen LogP contribution in [-0.4, -0.2) is 21.9 Å². The SMILES string of the molecule is CCC(C)Nc1ncc(C(=O)Nc2c(C(C)C)cccc2C(C)C)cn1. The second-order valence-corrected chi connectivity index (χ2v) is 7.32. The van der Waals surface area contributed by atoms with Crippen LogP contribution in [0, 0.1) is 0 Å². The van der Waals surface area contributed by atoms with Crippen molar-refractivity contribution in [2.45, 2.75) is 65.8 Å². The first-order valence-electron chi connectivity index (χ1n) is 9.36. The van der Waals surface area contributed by atoms with Gasteiger partial charge in [0, 0.05) is 24.1 Å². The third-order valence-electron chi connectivity index (χ3n) is 4.51. The maximum atomic E-state index is 12.7. The van der Waals surface area contributed by atoms with Gasteiger partial charge in [0.05, 0.1) is 5.56 Å². The zero-order valence-electron chi connectivity index (χ0n) is 16.6. The van der Waals surface area contributed by atoms with Crippen molar-refractivity contribution in [2.75, 3.05) is 10.6 Å². The van der Waals surface area contributed by atoms with Gasteiger partial charge in [-0.15, -0.1) is 0 Å². The molecule has 140 valence electrons. The van der Waals surface area contributed by atoms with Crippen LogP contribution in [0.25, 0.3) is 0 Å². The van der Waals surface area contributed by atoms with Gasteiger partial charge in [-0.05, 0) is 36.3 Å². The largest absolute Gasteiger partial charge is 0.352 e. The summed E-state index contributed by atoms with van der Waals surface area (Å²) in [5, 5.41) is 6.29. The summed E-state index contributed by atoms with van der Waals surface area (Å²) in [6.07, 6.45) is 4.12. The molecule has 2 rings (SSSR count). The van der Waals surface area contributed by atoms with E-state index in [0.717, 1.165) is 23.2 Å². The van der Waals surface area contributed by atoms with Crippen molar-refractivity contribution in [1.82, 2.24) is 9.97 Å². The molecular formula is C21H30N4O. The van der Waals surface area contributed by atoms with Crippen LogP contribution in [0.2, 0.25) is 0 Å². The van der Waals surface area contributed by atoms with Gasteiger partial charge < -0.3 is 10.6 Å². The average Bonchev–Trinajstić information content (AvgIpc) is 2.61. The highest BCUT2D eigenvalue weighted by molar-refractivity contribution is 6.04. The highest BCUT2D eigenvalue weighted by Gasteiger charge is 2.17. The third kappa shape index (κ3) is 4.81. The Labute approximate surface area is 156 Å². The van der Waals surface area contributed by atoms with Gasteiger partial charge in [-0.25, -0.2) is 9.97 Å². The maximum Gasteiger partial charge on any atom is 0.258 e. The normalized spacial score (nSPS) is 12.3. The predicted octanol–water partition coefficient (Wildman–Crippen LogP) is 5.19. The molecule has 1 aromatic carbocycles. The minimum Gasteiger partial charge on any atom is -0.352 e. The smallest absolute Gasteiger partial charge is 0.258 e. The first-order valence-corrected chi connectivity index (χ1v) is 9.36. The molecule has 0 spiro atoms. The minimum absolute atomic E-state index is 0.185. The summed E-state index contributed by atoms with van der Waals surface area (Å²) in [7, 11) is 0. The van der Waals surface area contributed by atoms with E-state index in [1.54, 1.807) is 12.4 Å². The molecule has 0 aliphatic heterocycles. The van der Waals surface area contributed by atoms with Crippen LogP contribution in [0.15, 0.2) is 30.6 Å². The van der Waals surface area contributed by atoms with E-state index in [0.29, 0.717) is 29.4 Å². The number of nitrogens with one attached hydrogen (secondary N) is 2. The number of benzene rings is 1. The quantitative estimate of drug-likeness (QED) is 0.718. The number of nitrogens with zero attached hydrogens (tertiary/aromatic N) is 2. The number of carbonyl (C=O) groups is 1. The van der Waals surface area contributed by atoms with Crippen LogP contribution >= 0.6 is 0 Å². The molecule has 0 aliphatic carbocycles. The molecule has 0 saturated carbocycles. The molecule has 0 radical (unpaired) electrons. The Bertz CT molecular complexity index is 712. The van der Waals surface area contributed by atoms with E-state index in [4.69, 9.17) is 0 Å². The van der Waals surface area contributed by atoms with E-state index in [-0.39, 0.29) is 5.91 Å². The summed E-state index contributed by atoms with van der Waals surface area (Å²) in [5.74, 6) is 1.00. The fourth-order valence-corrected chi connectivity index (χ4v) is 2.72. The van der Waals surface area contributed by atoms with Crippen molar-refractivity contribution in [3.63, 3.8) is 0 Å². The Kier molecular flexibility index (Phi) is 6.72. The number of anilines is 2. The van der Waals surface area contributed by atoms with Crippen LogP contribution in [0.3, 0.4) is 0 Å². The molecule has 2 N–H and O–H groups in total. The Morgan fingerprint density at radius 1 is 1.00 bits per heavy atom. The number of para-hydroxylation sites is 1. The van der Waals surface area contributed by atoms with Crippen LogP contribution in [0.1, 0.15) is 81.3 Å². The lowest BCUT2D eigenvalue weighted by atomic mass is 9.92. The molecule has 0 aliphatic rings. The van der Waals surface area contributed by atoms with Crippen LogP contribution in [0.5, 0.6) is 0 Å². The van der Waals surface area contributed by atoms with Gasteiger partial charge >= 0.3 is 0 Å². The van der Waals surface area contributed by atoms with Crippen molar-refractivity contribution in [3.05, 3.63) is 47.3 Å². The lowest BCUT2D eigenvalue weighted by Gasteiger charge is -2.20. The molecule has 0 fully saturated rings. The summed E-state index contributed by atoms with van der Waals surface area (Å²) >= 11 is 0. The monoisotopic (exact) mass is 354 g/mol. The molecule has 5 nitrogen and oxygen atoms in total. The number of hydrogen-bond donors (Lipinski definition) is 2. The van der Waals surface area contributed by atoms with Crippen LogP contribution in [0.4, 0.5) is 11.6 Å². The molecule has 26 heavy (non-hydrogen) atoms. The summed E-state index contributed by atoms with van der Waals surface area (Å²) in [4.78, 5) is 21.3. The summed E-state index contributed by atoms with van der Waals surface area (Å²) < 4.78 is 0. The Morgan fingerprint density at radius 2 is 1.54 bits per heavy atom. The highest BCUT2D eigenvalue weighted by atomic mass is 16.1. The van der Waals surface area contributed by atoms with Gasteiger partial charge in [-0.2, -0.15) is 0 Å². The second kappa shape index (κ2) is 8.79. The van der Waals surface area contributed by atoms with Gasteiger partial charge in [-0.1, -0.05) is 52.8 Å². The summed E-state index contributed by atoms with van der Waals surface area (Å²) in [6, 6.07) is 6.49. The lowest BCUT2D eigenvalue weighted by Crippen LogP contribution is -2.18. The Morgan fingerprint density at radius 3 is 2.00 bits per heavy atom. The topological polar surface area (TPSA) is 66.9 Å². The van der Waals surface area contributed by atoms with Crippen molar-refractivity contribution in [1.29, 1.82) is 0 Å². The Balaban J connectivity index is 2.24. The van der Waals surface area contributed by atoms with E-state index < -0.39 is 0 Å². The number of amides is 1. The van der Waals surface area contributed by atoms with Crippen molar-refractivity contribution >= 4 is 17.5 Å². The first kappa shape index (κ1) is 19.9. The molecule has 5 heteroatoms. The molecule has 1 aromatic heterocycles. The molecule has 1 heterocycles. The minimum atomic E-state index is -0.185. The van der Waals surface area contributed by atoms with Crippen LogP contribution in [-0.2, 0) is 0 Å². The summed E-state index contributed by atoms with van der Waals surface area (Å²) in [6.45, 7) is 12.7. The average molecular weight is 354 g/mol. The molecule has 1 unspecified atom stereocenters. The molecule has 1 amide bonds. The van der Waals surface area contributed by atoms with E-state index in [1.807, 2.05) is 0 Å². The van der Waals surface area contributed by atoms with E-state index in [2.05, 4.69) is 80.3 Å². The summed E-state index contributed by atoms with van der Waals surface area (Å²) in [5.41, 5.74) is 3.64. The first-order chi connectivity index (χ1) is 12.3. The lowest BCUT2D eigenvalue weighted by molar-refractivity contribution is 0.102. The molecule has 2 aromatic rings. The number of carbonyl (C=O) groups excluding carboxylic acids is 1. The number of rotatable bonds is 7. The molecule has 0 bridgehead atoms. The third-order valence-corrected chi connectivity index (χ3v) is 4.51. The molecule has 0 saturated heterocycles. The van der Waals surface area contributed by atoms with E-state index in [1.165, 1.54) is 0 Å². The predicted molar refractivity (Wildman–Crippen MR) is 108 cm³/mol. The van der Waals surface area contributed by atoms with Crippen LogP contribution < -0.4 is 10.6 Å². The van der Waals surface area contributed by atoms with Crippen molar-refractivity contribution in [2.24, 2.45) is 0 Å². The maximum absolute atomic E-state index is 12.7. The fourth-order valence-electron chi connectivity index (χ4n) is 2.72. The zero-order chi connectivity index (χ0) is 19.3. The van der Waals surface area contributed by atoms with Gasteiger partial charge in [0.25, 0.3) is 5.91 Å². The van der Waals surface area contributed by atoms with Gasteiger partial charge in [0.2, 0.25) is 5.95 Å². The number of hydrogen-bond acceptors (Lipinski definition) is 4. The molecular weight excluding hydrogens is 324 g/mol. The van der Waals surface area contributed by atoms with Gasteiger partial charge in [0.1, 0.15) is 0 Å².